The standard InChI is InChI=1S/C17H21N3O2S/c1-4-11-22-14-8-5-13(6-9-14)7-10-15(21)18-17-20-19-16(23-17)12(2)3/h5-10,12H,4,11H2,1-3H3,(H,18,20,21). The molecule has 0 saturated heterocycles. The third kappa shape index (κ3) is 5.49. The van der Waals surface area contributed by atoms with Gasteiger partial charge in [0.05, 0.1) is 6.61 Å². The average Bonchev–Trinajstić information content (AvgIpc) is 3.00. The Kier molecular flexibility index (Phi) is 6.29. The quantitative estimate of drug-likeness (QED) is 0.776. The number of carbonyl (C=O) groups is 1. The van der Waals surface area contributed by atoms with Crippen LogP contribution in [0.3, 0.4) is 0 Å². The molecule has 0 unspecified atom stereocenters. The van der Waals surface area contributed by atoms with E-state index in [1.807, 2.05) is 38.1 Å². The number of anilines is 1. The van der Waals surface area contributed by atoms with Crippen LogP contribution >= 0.6 is 11.3 Å². The van der Waals surface area contributed by atoms with E-state index in [1.165, 1.54) is 17.4 Å². The van der Waals surface area contributed by atoms with Gasteiger partial charge >= 0.3 is 0 Å². The molecule has 1 N–H and O–H groups in total. The normalized spacial score (nSPS) is 11.1. The Hall–Kier alpha value is -2.21. The second-order valence-corrected chi connectivity index (χ2v) is 6.35. The van der Waals surface area contributed by atoms with E-state index in [1.54, 1.807) is 6.08 Å². The van der Waals surface area contributed by atoms with Crippen molar-refractivity contribution >= 4 is 28.5 Å². The van der Waals surface area contributed by atoms with Gasteiger partial charge in [-0.1, -0.05) is 44.2 Å². The second kappa shape index (κ2) is 8.43. The number of aromatic nitrogens is 2. The van der Waals surface area contributed by atoms with Gasteiger partial charge < -0.3 is 4.74 Å². The number of amides is 1. The van der Waals surface area contributed by atoms with Gasteiger partial charge in [0.1, 0.15) is 10.8 Å². The Morgan fingerprint density at radius 3 is 2.65 bits per heavy atom. The first-order valence-corrected chi connectivity index (χ1v) is 8.45. The van der Waals surface area contributed by atoms with E-state index in [0.29, 0.717) is 17.7 Å². The molecule has 1 aromatic carbocycles. The maximum Gasteiger partial charge on any atom is 0.250 e. The van der Waals surface area contributed by atoms with Crippen LogP contribution in [0.15, 0.2) is 30.3 Å². The lowest BCUT2D eigenvalue weighted by atomic mass is 10.2. The minimum atomic E-state index is -0.220. The molecule has 0 spiro atoms. The molecule has 1 heterocycles. The predicted molar refractivity (Wildman–Crippen MR) is 93.9 cm³/mol. The Balaban J connectivity index is 1.89. The van der Waals surface area contributed by atoms with E-state index in [2.05, 4.69) is 22.4 Å². The van der Waals surface area contributed by atoms with Crippen LogP contribution in [-0.4, -0.2) is 22.7 Å². The summed E-state index contributed by atoms with van der Waals surface area (Å²) in [7, 11) is 0. The molecule has 0 atom stereocenters. The summed E-state index contributed by atoms with van der Waals surface area (Å²) in [5.74, 6) is 0.924. The number of rotatable bonds is 7. The van der Waals surface area contributed by atoms with Crippen molar-refractivity contribution < 1.29 is 9.53 Å². The van der Waals surface area contributed by atoms with E-state index in [-0.39, 0.29) is 5.91 Å². The van der Waals surface area contributed by atoms with Crippen molar-refractivity contribution in [3.05, 3.63) is 40.9 Å². The van der Waals surface area contributed by atoms with Crippen LogP contribution in [0, 0.1) is 0 Å². The van der Waals surface area contributed by atoms with Crippen LogP contribution in [0.5, 0.6) is 5.75 Å². The number of hydrogen-bond acceptors (Lipinski definition) is 5. The van der Waals surface area contributed by atoms with Crippen LogP contribution in [0.2, 0.25) is 0 Å². The minimum Gasteiger partial charge on any atom is -0.494 e. The first kappa shape index (κ1) is 17.1. The second-order valence-electron chi connectivity index (χ2n) is 5.34. The van der Waals surface area contributed by atoms with Crippen LogP contribution in [0.25, 0.3) is 6.08 Å². The molecule has 6 heteroatoms. The fourth-order valence-corrected chi connectivity index (χ4v) is 2.48. The molecule has 23 heavy (non-hydrogen) atoms. The highest BCUT2D eigenvalue weighted by molar-refractivity contribution is 7.15. The first-order valence-electron chi connectivity index (χ1n) is 7.63. The molecule has 0 aliphatic heterocycles. The smallest absolute Gasteiger partial charge is 0.250 e. The maximum atomic E-state index is 11.9. The van der Waals surface area contributed by atoms with Gasteiger partial charge in [-0.2, -0.15) is 0 Å². The highest BCUT2D eigenvalue weighted by atomic mass is 32.1. The molecule has 0 saturated carbocycles. The SMILES string of the molecule is CCCOc1ccc(C=CC(=O)Nc2nnc(C(C)C)s2)cc1. The van der Waals surface area contributed by atoms with Gasteiger partial charge in [-0.25, -0.2) is 0 Å². The van der Waals surface area contributed by atoms with Crippen molar-refractivity contribution in [3.8, 4) is 5.75 Å². The highest BCUT2D eigenvalue weighted by Gasteiger charge is 2.08. The van der Waals surface area contributed by atoms with Crippen LogP contribution in [0.1, 0.15) is 43.7 Å². The topological polar surface area (TPSA) is 64.1 Å². The maximum absolute atomic E-state index is 11.9. The predicted octanol–water partition coefficient (Wildman–Crippen LogP) is 4.10. The van der Waals surface area contributed by atoms with E-state index >= 15 is 0 Å². The van der Waals surface area contributed by atoms with Gasteiger partial charge in [0, 0.05) is 12.0 Å². The first-order chi connectivity index (χ1) is 11.1. The van der Waals surface area contributed by atoms with Crippen molar-refractivity contribution in [3.63, 3.8) is 0 Å². The Labute approximate surface area is 140 Å². The lowest BCUT2D eigenvalue weighted by Gasteiger charge is -2.03. The molecule has 0 aliphatic rings. The van der Waals surface area contributed by atoms with Gasteiger partial charge in [-0.05, 0) is 30.2 Å². The van der Waals surface area contributed by atoms with Gasteiger partial charge in [-0.15, -0.1) is 10.2 Å². The average molecular weight is 331 g/mol. The summed E-state index contributed by atoms with van der Waals surface area (Å²) in [6, 6.07) is 7.62. The largest absolute Gasteiger partial charge is 0.494 e. The molecule has 0 bridgehead atoms. The molecule has 122 valence electrons. The van der Waals surface area contributed by atoms with Crippen LogP contribution < -0.4 is 10.1 Å². The fourth-order valence-electron chi connectivity index (χ4n) is 1.73. The molecular formula is C17H21N3O2S. The van der Waals surface area contributed by atoms with Gasteiger partial charge in [0.2, 0.25) is 11.0 Å². The van der Waals surface area contributed by atoms with E-state index < -0.39 is 0 Å². The van der Waals surface area contributed by atoms with Gasteiger partial charge in [0.25, 0.3) is 0 Å². The molecule has 0 fully saturated rings. The molecule has 5 nitrogen and oxygen atoms in total. The van der Waals surface area contributed by atoms with Gasteiger partial charge in [0.15, 0.2) is 0 Å². The van der Waals surface area contributed by atoms with Crippen molar-refractivity contribution in [2.24, 2.45) is 0 Å². The van der Waals surface area contributed by atoms with E-state index in [0.717, 1.165) is 22.7 Å². The number of ether oxygens (including phenoxy) is 1. The molecular weight excluding hydrogens is 310 g/mol. The van der Waals surface area contributed by atoms with Crippen molar-refractivity contribution in [1.82, 2.24) is 10.2 Å². The number of nitrogens with one attached hydrogen (secondary N) is 1. The number of nitrogens with zero attached hydrogens (tertiary/aromatic N) is 2. The summed E-state index contributed by atoms with van der Waals surface area (Å²) in [5, 5.41) is 12.1. The van der Waals surface area contributed by atoms with Crippen LogP contribution in [-0.2, 0) is 4.79 Å². The summed E-state index contributed by atoms with van der Waals surface area (Å²) in [6.07, 6.45) is 4.22. The summed E-state index contributed by atoms with van der Waals surface area (Å²) in [6.45, 7) is 6.86. The zero-order valence-corrected chi connectivity index (χ0v) is 14.4. The molecule has 2 aromatic rings. The molecule has 0 radical (unpaired) electrons. The Morgan fingerprint density at radius 1 is 1.30 bits per heavy atom. The summed E-state index contributed by atoms with van der Waals surface area (Å²) < 4.78 is 5.52. The van der Waals surface area contributed by atoms with Crippen molar-refractivity contribution in [1.29, 1.82) is 0 Å². The number of benzene rings is 1. The lowest BCUT2D eigenvalue weighted by molar-refractivity contribution is -0.111. The Bertz CT molecular complexity index is 663. The highest BCUT2D eigenvalue weighted by Crippen LogP contribution is 2.22. The summed E-state index contributed by atoms with van der Waals surface area (Å²) in [5.41, 5.74) is 0.934. The summed E-state index contributed by atoms with van der Waals surface area (Å²) in [4.78, 5) is 11.9. The zero-order valence-electron chi connectivity index (χ0n) is 13.6. The van der Waals surface area contributed by atoms with Crippen LogP contribution in [0.4, 0.5) is 5.13 Å². The van der Waals surface area contributed by atoms with E-state index in [9.17, 15) is 4.79 Å². The Morgan fingerprint density at radius 2 is 2.04 bits per heavy atom. The third-order valence-corrected chi connectivity index (χ3v) is 4.08. The fraction of sp³-hybridized carbons (Fsp3) is 0.353. The zero-order chi connectivity index (χ0) is 16.7. The monoisotopic (exact) mass is 331 g/mol. The van der Waals surface area contributed by atoms with E-state index in [4.69, 9.17) is 4.74 Å². The minimum absolute atomic E-state index is 0.220. The number of hydrogen-bond donors (Lipinski definition) is 1. The third-order valence-electron chi connectivity index (χ3n) is 2.94. The summed E-state index contributed by atoms with van der Waals surface area (Å²) >= 11 is 1.40. The molecule has 1 amide bonds. The lowest BCUT2D eigenvalue weighted by Crippen LogP contribution is -2.07. The molecule has 2 rings (SSSR count). The van der Waals surface area contributed by atoms with Gasteiger partial charge in [-0.3, -0.25) is 10.1 Å². The van der Waals surface area contributed by atoms with Crippen molar-refractivity contribution in [2.45, 2.75) is 33.1 Å². The number of carbonyl (C=O) groups excluding carboxylic acids is 1. The molecule has 1 aromatic heterocycles. The van der Waals surface area contributed by atoms with Crippen molar-refractivity contribution in [2.75, 3.05) is 11.9 Å². The molecule has 0 aliphatic carbocycles.